The van der Waals surface area contributed by atoms with Gasteiger partial charge in [0, 0.05) is 17.5 Å². The fourth-order valence-electron chi connectivity index (χ4n) is 3.58. The van der Waals surface area contributed by atoms with Crippen LogP contribution in [0.2, 0.25) is 0 Å². The SMILES string of the molecule is C=CCc1c(OCCCOc2cccc(OCC(=O)OCC)c2CCC)ccc(C(N)=O)c1OC. The molecule has 0 radical (unpaired) electrons. The predicted octanol–water partition coefficient (Wildman–Crippen LogP) is 4.26. The molecule has 190 valence electrons. The van der Waals surface area contributed by atoms with Gasteiger partial charge in [-0.2, -0.15) is 0 Å². The van der Waals surface area contributed by atoms with Crippen LogP contribution in [0.4, 0.5) is 0 Å². The van der Waals surface area contributed by atoms with Gasteiger partial charge < -0.3 is 29.4 Å². The zero-order chi connectivity index (χ0) is 25.6. The van der Waals surface area contributed by atoms with Crippen LogP contribution in [-0.2, 0) is 22.4 Å². The summed E-state index contributed by atoms with van der Waals surface area (Å²) in [6.07, 6.45) is 4.45. The fraction of sp³-hybridized carbons (Fsp3) is 0.407. The molecule has 0 spiro atoms. The second-order valence-corrected chi connectivity index (χ2v) is 7.61. The van der Waals surface area contributed by atoms with Crippen molar-refractivity contribution in [3.63, 3.8) is 0 Å². The first-order valence-corrected chi connectivity index (χ1v) is 11.7. The molecule has 1 amide bonds. The Kier molecular flexibility index (Phi) is 11.5. The van der Waals surface area contributed by atoms with Crippen molar-refractivity contribution < 1.29 is 33.3 Å². The number of rotatable bonds is 16. The molecule has 2 rings (SSSR count). The monoisotopic (exact) mass is 485 g/mol. The van der Waals surface area contributed by atoms with Crippen molar-refractivity contribution in [3.8, 4) is 23.0 Å². The molecular formula is C27H35NO7. The summed E-state index contributed by atoms with van der Waals surface area (Å²) in [6, 6.07) is 8.85. The molecule has 2 N–H and O–H groups in total. The van der Waals surface area contributed by atoms with Crippen LogP contribution in [-0.4, -0.2) is 45.4 Å². The number of esters is 1. The molecule has 0 saturated carbocycles. The van der Waals surface area contributed by atoms with Crippen LogP contribution in [0.15, 0.2) is 43.0 Å². The Labute approximate surface area is 207 Å². The minimum absolute atomic E-state index is 0.146. The summed E-state index contributed by atoms with van der Waals surface area (Å²) < 4.78 is 28.0. The Morgan fingerprint density at radius 1 is 0.971 bits per heavy atom. The third-order valence-corrected chi connectivity index (χ3v) is 5.08. The summed E-state index contributed by atoms with van der Waals surface area (Å²) in [6.45, 7) is 8.57. The van der Waals surface area contributed by atoms with E-state index < -0.39 is 11.9 Å². The van der Waals surface area contributed by atoms with Crippen LogP contribution in [0, 0.1) is 0 Å². The molecule has 0 aliphatic carbocycles. The lowest BCUT2D eigenvalue weighted by molar-refractivity contribution is -0.145. The van der Waals surface area contributed by atoms with Gasteiger partial charge in [0.2, 0.25) is 0 Å². The second kappa shape index (κ2) is 14.6. The first-order chi connectivity index (χ1) is 17.0. The van der Waals surface area contributed by atoms with Gasteiger partial charge in [0.05, 0.1) is 32.5 Å². The van der Waals surface area contributed by atoms with Gasteiger partial charge in [-0.25, -0.2) is 4.79 Å². The molecule has 2 aromatic carbocycles. The quantitative estimate of drug-likeness (QED) is 0.215. The van der Waals surface area contributed by atoms with Gasteiger partial charge >= 0.3 is 5.97 Å². The van der Waals surface area contributed by atoms with E-state index in [4.69, 9.17) is 29.4 Å². The van der Waals surface area contributed by atoms with Gasteiger partial charge in [-0.15, -0.1) is 6.58 Å². The van der Waals surface area contributed by atoms with Crippen molar-refractivity contribution in [3.05, 3.63) is 59.7 Å². The molecule has 0 atom stereocenters. The topological polar surface area (TPSA) is 106 Å². The van der Waals surface area contributed by atoms with E-state index in [1.54, 1.807) is 25.1 Å². The van der Waals surface area contributed by atoms with E-state index in [0.717, 1.165) is 24.0 Å². The molecule has 8 heteroatoms. The minimum Gasteiger partial charge on any atom is -0.495 e. The molecule has 0 aliphatic heterocycles. The van der Waals surface area contributed by atoms with Crippen molar-refractivity contribution in [2.75, 3.05) is 33.5 Å². The second-order valence-electron chi connectivity index (χ2n) is 7.61. The highest BCUT2D eigenvalue weighted by atomic mass is 16.6. The van der Waals surface area contributed by atoms with E-state index >= 15 is 0 Å². The number of amides is 1. The predicted molar refractivity (Wildman–Crippen MR) is 134 cm³/mol. The third-order valence-electron chi connectivity index (χ3n) is 5.08. The molecule has 0 aliphatic rings. The van der Waals surface area contributed by atoms with Gasteiger partial charge in [0.1, 0.15) is 23.0 Å². The van der Waals surface area contributed by atoms with Crippen molar-refractivity contribution >= 4 is 11.9 Å². The molecule has 0 unspecified atom stereocenters. The minimum atomic E-state index is -0.566. The molecule has 2 aromatic rings. The van der Waals surface area contributed by atoms with Crippen molar-refractivity contribution in [1.82, 2.24) is 0 Å². The highest BCUT2D eigenvalue weighted by Crippen LogP contribution is 2.33. The molecular weight excluding hydrogens is 450 g/mol. The normalized spacial score (nSPS) is 10.4. The fourth-order valence-corrected chi connectivity index (χ4v) is 3.58. The van der Waals surface area contributed by atoms with E-state index in [1.165, 1.54) is 7.11 Å². The van der Waals surface area contributed by atoms with E-state index in [2.05, 4.69) is 13.5 Å². The maximum absolute atomic E-state index is 11.7. The van der Waals surface area contributed by atoms with Gasteiger partial charge in [-0.1, -0.05) is 25.5 Å². The van der Waals surface area contributed by atoms with Crippen molar-refractivity contribution in [1.29, 1.82) is 0 Å². The lowest BCUT2D eigenvalue weighted by Crippen LogP contribution is -2.15. The first-order valence-electron chi connectivity index (χ1n) is 11.7. The van der Waals surface area contributed by atoms with E-state index in [0.29, 0.717) is 61.2 Å². The molecule has 8 nitrogen and oxygen atoms in total. The van der Waals surface area contributed by atoms with Gasteiger partial charge in [-0.05, 0) is 44.0 Å². The number of carbonyl (C=O) groups excluding carboxylic acids is 2. The Hall–Kier alpha value is -3.68. The number of carbonyl (C=O) groups is 2. The standard InChI is InChI=1S/C27H35NO7/c1-5-10-19-22(12-8-13-23(19)35-18-25(29)32-7-3)33-16-9-17-34-24-15-14-21(27(28)30)26(31-4)20(24)11-6-2/h6,8,12-15H,2,5,7,9-11,16-18H2,1,3-4H3,(H2,28,30). The largest absolute Gasteiger partial charge is 0.495 e. The van der Waals surface area contributed by atoms with Gasteiger partial charge in [0.25, 0.3) is 5.91 Å². The molecule has 0 bridgehead atoms. The highest BCUT2D eigenvalue weighted by molar-refractivity contribution is 5.96. The lowest BCUT2D eigenvalue weighted by atomic mass is 10.0. The molecule has 0 aromatic heterocycles. The maximum atomic E-state index is 11.7. The summed E-state index contributed by atoms with van der Waals surface area (Å²) in [5.74, 6) is 1.36. The number of benzene rings is 2. The Morgan fingerprint density at radius 2 is 1.63 bits per heavy atom. The van der Waals surface area contributed by atoms with Gasteiger partial charge in [-0.3, -0.25) is 4.79 Å². The highest BCUT2D eigenvalue weighted by Gasteiger charge is 2.18. The van der Waals surface area contributed by atoms with Gasteiger partial charge in [0.15, 0.2) is 6.61 Å². The number of hydrogen-bond acceptors (Lipinski definition) is 7. The summed E-state index contributed by atoms with van der Waals surface area (Å²) in [7, 11) is 1.49. The number of allylic oxidation sites excluding steroid dienone is 1. The zero-order valence-corrected chi connectivity index (χ0v) is 20.8. The van der Waals surface area contributed by atoms with E-state index in [9.17, 15) is 9.59 Å². The Balaban J connectivity index is 2.01. The van der Waals surface area contributed by atoms with Crippen LogP contribution in [0.5, 0.6) is 23.0 Å². The molecule has 0 saturated heterocycles. The molecule has 35 heavy (non-hydrogen) atoms. The van der Waals surface area contributed by atoms with Crippen LogP contribution in [0.3, 0.4) is 0 Å². The lowest BCUT2D eigenvalue weighted by Gasteiger charge is -2.17. The number of primary amides is 1. The first kappa shape index (κ1) is 27.6. The molecule has 0 heterocycles. The summed E-state index contributed by atoms with van der Waals surface area (Å²) >= 11 is 0. The van der Waals surface area contributed by atoms with Crippen LogP contribution >= 0.6 is 0 Å². The van der Waals surface area contributed by atoms with Crippen molar-refractivity contribution in [2.24, 2.45) is 5.73 Å². The van der Waals surface area contributed by atoms with Crippen LogP contribution in [0.1, 0.15) is 48.2 Å². The number of nitrogens with two attached hydrogens (primary N) is 1. The average molecular weight is 486 g/mol. The smallest absolute Gasteiger partial charge is 0.344 e. The van der Waals surface area contributed by atoms with Crippen LogP contribution in [0.25, 0.3) is 0 Å². The number of hydrogen-bond donors (Lipinski definition) is 1. The number of methoxy groups -OCH3 is 1. The Morgan fingerprint density at radius 3 is 2.20 bits per heavy atom. The molecule has 0 fully saturated rings. The maximum Gasteiger partial charge on any atom is 0.344 e. The van der Waals surface area contributed by atoms with E-state index in [-0.39, 0.29) is 6.61 Å². The zero-order valence-electron chi connectivity index (χ0n) is 20.8. The average Bonchev–Trinajstić information content (AvgIpc) is 2.84. The van der Waals surface area contributed by atoms with Crippen LogP contribution < -0.4 is 24.7 Å². The summed E-state index contributed by atoms with van der Waals surface area (Å²) in [4.78, 5) is 23.4. The Bertz CT molecular complexity index is 1000. The third kappa shape index (κ3) is 7.95. The number of ether oxygens (including phenoxy) is 5. The van der Waals surface area contributed by atoms with E-state index in [1.807, 2.05) is 18.2 Å². The van der Waals surface area contributed by atoms with Crippen molar-refractivity contribution in [2.45, 2.75) is 39.5 Å². The summed E-state index contributed by atoms with van der Waals surface area (Å²) in [5, 5.41) is 0. The summed E-state index contributed by atoms with van der Waals surface area (Å²) in [5.41, 5.74) is 7.39.